The quantitative estimate of drug-likeness (QED) is 0.791. The first-order valence-corrected chi connectivity index (χ1v) is 7.95. The smallest absolute Gasteiger partial charge is 0.112 e. The predicted octanol–water partition coefficient (Wildman–Crippen LogP) is 3.79. The first kappa shape index (κ1) is 14.6. The average Bonchev–Trinajstić information content (AvgIpc) is 2.78. The van der Waals surface area contributed by atoms with E-state index in [0.717, 1.165) is 19.5 Å². The zero-order valence-corrected chi connectivity index (χ0v) is 13.0. The lowest BCUT2D eigenvalue weighted by atomic mass is 10.1. The van der Waals surface area contributed by atoms with Crippen LogP contribution in [0.15, 0.2) is 0 Å². The zero-order chi connectivity index (χ0) is 13.8. The van der Waals surface area contributed by atoms with Crippen LogP contribution in [0.25, 0.3) is 0 Å². The SMILES string of the molecule is CCCCCC(C)n1c(C(C)C)nc2c1CCNC2. The zero-order valence-electron chi connectivity index (χ0n) is 13.0. The molecule has 1 aromatic rings. The maximum atomic E-state index is 4.90. The molecule has 1 unspecified atom stereocenters. The summed E-state index contributed by atoms with van der Waals surface area (Å²) < 4.78 is 2.55. The second kappa shape index (κ2) is 6.56. The van der Waals surface area contributed by atoms with Gasteiger partial charge in [-0.1, -0.05) is 40.0 Å². The van der Waals surface area contributed by atoms with Gasteiger partial charge in [0.25, 0.3) is 0 Å². The van der Waals surface area contributed by atoms with Crippen molar-refractivity contribution in [3.05, 3.63) is 17.2 Å². The van der Waals surface area contributed by atoms with Crippen LogP contribution in [0.5, 0.6) is 0 Å². The molecular formula is C16H29N3. The van der Waals surface area contributed by atoms with Crippen LogP contribution in [0.1, 0.15) is 82.6 Å². The highest BCUT2D eigenvalue weighted by molar-refractivity contribution is 5.22. The molecule has 0 fully saturated rings. The Morgan fingerprint density at radius 1 is 1.26 bits per heavy atom. The molecule has 0 saturated carbocycles. The number of nitrogens with one attached hydrogen (secondary N) is 1. The molecule has 3 heteroatoms. The molecule has 0 saturated heterocycles. The van der Waals surface area contributed by atoms with Gasteiger partial charge in [0.05, 0.1) is 5.69 Å². The van der Waals surface area contributed by atoms with Crippen molar-refractivity contribution >= 4 is 0 Å². The Morgan fingerprint density at radius 3 is 2.74 bits per heavy atom. The van der Waals surface area contributed by atoms with Crippen LogP contribution in [-0.4, -0.2) is 16.1 Å². The lowest BCUT2D eigenvalue weighted by Gasteiger charge is -2.23. The molecule has 1 aromatic heterocycles. The van der Waals surface area contributed by atoms with E-state index in [4.69, 9.17) is 4.98 Å². The Bertz CT molecular complexity index is 406. The van der Waals surface area contributed by atoms with Crippen LogP contribution in [0.2, 0.25) is 0 Å². The second-order valence-electron chi connectivity index (χ2n) is 6.16. The van der Waals surface area contributed by atoms with Crippen molar-refractivity contribution in [1.29, 1.82) is 0 Å². The minimum absolute atomic E-state index is 0.513. The van der Waals surface area contributed by atoms with Gasteiger partial charge in [0, 0.05) is 37.2 Å². The molecule has 1 N–H and O–H groups in total. The number of nitrogens with zero attached hydrogens (tertiary/aromatic N) is 2. The molecule has 1 atom stereocenters. The van der Waals surface area contributed by atoms with E-state index in [-0.39, 0.29) is 0 Å². The van der Waals surface area contributed by atoms with Crippen molar-refractivity contribution in [1.82, 2.24) is 14.9 Å². The van der Waals surface area contributed by atoms with E-state index in [1.165, 1.54) is 42.9 Å². The molecule has 0 amide bonds. The predicted molar refractivity (Wildman–Crippen MR) is 80.6 cm³/mol. The molecule has 19 heavy (non-hydrogen) atoms. The highest BCUT2D eigenvalue weighted by Crippen LogP contribution is 2.28. The number of rotatable bonds is 6. The molecule has 0 aromatic carbocycles. The highest BCUT2D eigenvalue weighted by Gasteiger charge is 2.23. The fraction of sp³-hybridized carbons (Fsp3) is 0.812. The molecule has 1 aliphatic rings. The van der Waals surface area contributed by atoms with Gasteiger partial charge in [0.2, 0.25) is 0 Å². The van der Waals surface area contributed by atoms with Gasteiger partial charge in [-0.25, -0.2) is 4.98 Å². The molecule has 0 aliphatic carbocycles. The van der Waals surface area contributed by atoms with E-state index in [1.54, 1.807) is 0 Å². The number of imidazole rings is 1. The summed E-state index contributed by atoms with van der Waals surface area (Å²) in [6, 6.07) is 0.596. The molecule has 0 spiro atoms. The Morgan fingerprint density at radius 2 is 2.05 bits per heavy atom. The minimum Gasteiger partial charge on any atom is -0.329 e. The van der Waals surface area contributed by atoms with Gasteiger partial charge >= 0.3 is 0 Å². The summed E-state index contributed by atoms with van der Waals surface area (Å²) in [5, 5.41) is 3.44. The summed E-state index contributed by atoms with van der Waals surface area (Å²) in [5.41, 5.74) is 2.78. The maximum absolute atomic E-state index is 4.90. The van der Waals surface area contributed by atoms with Crippen LogP contribution < -0.4 is 5.32 Å². The normalized spacial score (nSPS) is 16.7. The summed E-state index contributed by atoms with van der Waals surface area (Å²) in [6.45, 7) is 11.2. The summed E-state index contributed by atoms with van der Waals surface area (Å²) in [5.74, 6) is 1.80. The van der Waals surface area contributed by atoms with Crippen LogP contribution in [-0.2, 0) is 13.0 Å². The van der Waals surface area contributed by atoms with Gasteiger partial charge in [0.15, 0.2) is 0 Å². The monoisotopic (exact) mass is 263 g/mol. The summed E-state index contributed by atoms with van der Waals surface area (Å²) >= 11 is 0. The van der Waals surface area contributed by atoms with E-state index in [9.17, 15) is 0 Å². The second-order valence-corrected chi connectivity index (χ2v) is 6.16. The first-order chi connectivity index (χ1) is 9.15. The van der Waals surface area contributed by atoms with Gasteiger partial charge in [-0.3, -0.25) is 0 Å². The van der Waals surface area contributed by atoms with Crippen LogP contribution in [0.3, 0.4) is 0 Å². The Hall–Kier alpha value is -0.830. The third-order valence-corrected chi connectivity index (χ3v) is 4.13. The van der Waals surface area contributed by atoms with Crippen molar-refractivity contribution in [2.45, 2.75) is 78.3 Å². The number of hydrogen-bond acceptors (Lipinski definition) is 2. The van der Waals surface area contributed by atoms with Crippen molar-refractivity contribution in [2.24, 2.45) is 0 Å². The number of aromatic nitrogens is 2. The minimum atomic E-state index is 0.513. The summed E-state index contributed by atoms with van der Waals surface area (Å²) in [6.07, 6.45) is 6.40. The van der Waals surface area contributed by atoms with E-state index in [1.807, 2.05) is 0 Å². The lowest BCUT2D eigenvalue weighted by molar-refractivity contribution is 0.438. The highest BCUT2D eigenvalue weighted by atomic mass is 15.1. The largest absolute Gasteiger partial charge is 0.329 e. The molecule has 1 aliphatic heterocycles. The van der Waals surface area contributed by atoms with Crippen molar-refractivity contribution in [3.8, 4) is 0 Å². The van der Waals surface area contributed by atoms with Gasteiger partial charge in [-0.2, -0.15) is 0 Å². The van der Waals surface area contributed by atoms with Gasteiger partial charge in [-0.05, 0) is 13.3 Å². The van der Waals surface area contributed by atoms with Crippen molar-refractivity contribution < 1.29 is 0 Å². The summed E-state index contributed by atoms with van der Waals surface area (Å²) in [7, 11) is 0. The van der Waals surface area contributed by atoms with Crippen LogP contribution in [0, 0.1) is 0 Å². The van der Waals surface area contributed by atoms with Gasteiger partial charge < -0.3 is 9.88 Å². The van der Waals surface area contributed by atoms with E-state index >= 15 is 0 Å². The fourth-order valence-electron chi connectivity index (χ4n) is 3.07. The number of unbranched alkanes of at least 4 members (excludes halogenated alkanes) is 2. The molecule has 2 rings (SSSR count). The van der Waals surface area contributed by atoms with E-state index < -0.39 is 0 Å². The van der Waals surface area contributed by atoms with E-state index in [0.29, 0.717) is 12.0 Å². The average molecular weight is 263 g/mol. The molecule has 3 nitrogen and oxygen atoms in total. The van der Waals surface area contributed by atoms with Crippen LogP contribution >= 0.6 is 0 Å². The van der Waals surface area contributed by atoms with E-state index in [2.05, 4.69) is 37.6 Å². The van der Waals surface area contributed by atoms with Crippen molar-refractivity contribution in [3.63, 3.8) is 0 Å². The molecular weight excluding hydrogens is 234 g/mol. The molecule has 2 heterocycles. The Labute approximate surface area is 117 Å². The molecule has 0 bridgehead atoms. The molecule has 0 radical (unpaired) electrons. The van der Waals surface area contributed by atoms with Gasteiger partial charge in [0.1, 0.15) is 5.82 Å². The van der Waals surface area contributed by atoms with Gasteiger partial charge in [-0.15, -0.1) is 0 Å². The standard InChI is InChI=1S/C16H29N3/c1-5-6-7-8-13(4)19-15-9-10-17-11-14(15)18-16(19)12(2)3/h12-13,17H,5-11H2,1-4H3. The third kappa shape index (κ3) is 3.19. The number of hydrogen-bond donors (Lipinski definition) is 1. The van der Waals surface area contributed by atoms with Crippen molar-refractivity contribution in [2.75, 3.05) is 6.54 Å². The topological polar surface area (TPSA) is 29.9 Å². The Kier molecular flexibility index (Phi) is 5.03. The summed E-state index contributed by atoms with van der Waals surface area (Å²) in [4.78, 5) is 4.90. The molecule has 108 valence electrons. The maximum Gasteiger partial charge on any atom is 0.112 e. The third-order valence-electron chi connectivity index (χ3n) is 4.13. The first-order valence-electron chi connectivity index (χ1n) is 7.95. The lowest BCUT2D eigenvalue weighted by Crippen LogP contribution is -2.25. The Balaban J connectivity index is 2.23. The number of fused-ring (bicyclic) bond motifs is 1. The fourth-order valence-corrected chi connectivity index (χ4v) is 3.07. The van der Waals surface area contributed by atoms with Crippen LogP contribution in [0.4, 0.5) is 0 Å².